The summed E-state index contributed by atoms with van der Waals surface area (Å²) in [4.78, 5) is 6.42. The van der Waals surface area contributed by atoms with Gasteiger partial charge in [-0.25, -0.2) is 0 Å². The minimum Gasteiger partial charge on any atom is -0.370 e. The third-order valence-corrected chi connectivity index (χ3v) is 3.45. The molecule has 2 aliphatic rings. The van der Waals surface area contributed by atoms with Crippen LogP contribution in [0.15, 0.2) is 4.99 Å². The van der Waals surface area contributed by atoms with Gasteiger partial charge in [-0.1, -0.05) is 6.92 Å². The molecule has 0 radical (unpaired) electrons. The van der Waals surface area contributed by atoms with Crippen molar-refractivity contribution in [2.24, 2.45) is 16.6 Å². The summed E-state index contributed by atoms with van der Waals surface area (Å²) >= 11 is 0. The molecule has 3 heteroatoms. The molecule has 1 aliphatic carbocycles. The fraction of sp³-hybridized carbons (Fsp3) is 0.875. The summed E-state index contributed by atoms with van der Waals surface area (Å²) in [5, 5.41) is 0. The van der Waals surface area contributed by atoms with Crippen LogP contribution in [-0.2, 0) is 0 Å². The summed E-state index contributed by atoms with van der Waals surface area (Å²) in [6, 6.07) is 0. The molecule has 2 N–H and O–H groups in total. The number of likely N-dealkylation sites (N-methyl/N-ethyl adjacent to an activating group) is 1. The minimum absolute atomic E-state index is 0.310. The predicted molar refractivity (Wildman–Crippen MR) is 45.4 cm³/mol. The molecule has 1 heterocycles. The molecular formula is C8H15N3. The minimum atomic E-state index is 0.310. The van der Waals surface area contributed by atoms with E-state index < -0.39 is 0 Å². The van der Waals surface area contributed by atoms with Crippen molar-refractivity contribution in [3.05, 3.63) is 0 Å². The Morgan fingerprint density at radius 3 is 2.64 bits per heavy atom. The second-order valence-electron chi connectivity index (χ2n) is 3.78. The molecule has 0 aromatic carbocycles. The normalized spacial score (nSPS) is 42.5. The summed E-state index contributed by atoms with van der Waals surface area (Å²) in [5.74, 6) is 1.48. The van der Waals surface area contributed by atoms with E-state index in [0.29, 0.717) is 5.54 Å². The lowest BCUT2D eigenvalue weighted by molar-refractivity contribution is 0.0482. The molecule has 2 atom stereocenters. The highest BCUT2D eigenvalue weighted by molar-refractivity contribution is 5.81. The van der Waals surface area contributed by atoms with Crippen LogP contribution < -0.4 is 5.73 Å². The second kappa shape index (κ2) is 1.90. The smallest absolute Gasteiger partial charge is 0.191 e. The first-order chi connectivity index (χ1) is 5.17. The van der Waals surface area contributed by atoms with Gasteiger partial charge in [-0.3, -0.25) is 4.99 Å². The molecule has 11 heavy (non-hydrogen) atoms. The highest BCUT2D eigenvalue weighted by Crippen LogP contribution is 2.44. The maximum atomic E-state index is 5.70. The van der Waals surface area contributed by atoms with E-state index in [0.717, 1.165) is 18.4 Å². The zero-order valence-electron chi connectivity index (χ0n) is 7.17. The molecule has 2 unspecified atom stereocenters. The van der Waals surface area contributed by atoms with Crippen LogP contribution >= 0.6 is 0 Å². The summed E-state index contributed by atoms with van der Waals surface area (Å²) < 4.78 is 0. The monoisotopic (exact) mass is 153 g/mol. The molecule has 3 nitrogen and oxygen atoms in total. The van der Waals surface area contributed by atoms with Gasteiger partial charge < -0.3 is 10.6 Å². The van der Waals surface area contributed by atoms with E-state index in [9.17, 15) is 0 Å². The number of nitrogens with two attached hydrogens (primary N) is 1. The molecule has 2 rings (SSSR count). The quantitative estimate of drug-likeness (QED) is 0.548. The highest BCUT2D eigenvalue weighted by atomic mass is 15.3. The van der Waals surface area contributed by atoms with E-state index in [-0.39, 0.29) is 0 Å². The molecule has 0 aromatic rings. The van der Waals surface area contributed by atoms with Crippen molar-refractivity contribution in [2.75, 3.05) is 13.6 Å². The third-order valence-electron chi connectivity index (χ3n) is 3.45. The van der Waals surface area contributed by atoms with Gasteiger partial charge in [0, 0.05) is 7.05 Å². The Labute approximate surface area is 67.3 Å². The largest absolute Gasteiger partial charge is 0.370 e. The molecule has 1 spiro atoms. The van der Waals surface area contributed by atoms with Crippen LogP contribution in [0.25, 0.3) is 0 Å². The lowest BCUT2D eigenvalue weighted by Crippen LogP contribution is -2.59. The summed E-state index contributed by atoms with van der Waals surface area (Å²) in [5.41, 5.74) is 6.01. The number of guanidine groups is 1. The topological polar surface area (TPSA) is 41.6 Å². The summed E-state index contributed by atoms with van der Waals surface area (Å²) in [7, 11) is 2.06. The molecule has 0 saturated heterocycles. The van der Waals surface area contributed by atoms with Crippen molar-refractivity contribution in [2.45, 2.75) is 25.3 Å². The van der Waals surface area contributed by atoms with Crippen molar-refractivity contribution in [3.63, 3.8) is 0 Å². The van der Waals surface area contributed by atoms with Crippen molar-refractivity contribution in [1.29, 1.82) is 0 Å². The molecule has 0 amide bonds. The van der Waals surface area contributed by atoms with Crippen LogP contribution in [0.5, 0.6) is 0 Å². The average Bonchev–Trinajstić information content (AvgIpc) is 2.29. The fourth-order valence-electron chi connectivity index (χ4n) is 2.16. The van der Waals surface area contributed by atoms with Crippen molar-refractivity contribution >= 4 is 5.96 Å². The van der Waals surface area contributed by atoms with Crippen molar-refractivity contribution in [1.82, 2.24) is 4.90 Å². The lowest BCUT2D eigenvalue weighted by atomic mass is 9.67. The van der Waals surface area contributed by atoms with Crippen LogP contribution in [0, 0.1) is 5.92 Å². The zero-order valence-corrected chi connectivity index (χ0v) is 7.17. The molecular weight excluding hydrogens is 138 g/mol. The van der Waals surface area contributed by atoms with Crippen LogP contribution in [0.2, 0.25) is 0 Å². The van der Waals surface area contributed by atoms with E-state index in [1.807, 2.05) is 0 Å². The first kappa shape index (κ1) is 6.95. The first-order valence-corrected chi connectivity index (χ1v) is 4.20. The van der Waals surface area contributed by atoms with Gasteiger partial charge in [-0.05, 0) is 18.8 Å². The predicted octanol–water partition coefficient (Wildman–Crippen LogP) is 0.415. The van der Waals surface area contributed by atoms with Gasteiger partial charge in [-0.15, -0.1) is 0 Å². The highest BCUT2D eigenvalue weighted by Gasteiger charge is 2.50. The second-order valence-corrected chi connectivity index (χ2v) is 3.78. The Balaban J connectivity index is 2.19. The van der Waals surface area contributed by atoms with E-state index in [1.165, 1.54) is 12.8 Å². The maximum absolute atomic E-state index is 5.70. The number of aliphatic imine (C=N–C) groups is 1. The van der Waals surface area contributed by atoms with Crippen molar-refractivity contribution in [3.8, 4) is 0 Å². The number of nitrogens with zero attached hydrogens (tertiary/aromatic N) is 2. The van der Waals surface area contributed by atoms with Crippen LogP contribution in [0.3, 0.4) is 0 Å². The molecule has 1 fully saturated rings. The van der Waals surface area contributed by atoms with Crippen LogP contribution in [-0.4, -0.2) is 30.0 Å². The standard InChI is InChI=1S/C8H15N3/c1-6-3-4-8(6)5-10-7(9)11(8)2/h6H,3-5H2,1-2H3,(H2,9,10). The van der Waals surface area contributed by atoms with E-state index in [2.05, 4.69) is 23.9 Å². The van der Waals surface area contributed by atoms with Crippen molar-refractivity contribution < 1.29 is 0 Å². The number of rotatable bonds is 0. The number of hydrogen-bond acceptors (Lipinski definition) is 3. The molecule has 1 saturated carbocycles. The van der Waals surface area contributed by atoms with Gasteiger partial charge in [0.15, 0.2) is 5.96 Å². The molecule has 62 valence electrons. The van der Waals surface area contributed by atoms with Gasteiger partial charge in [0.05, 0.1) is 12.1 Å². The zero-order chi connectivity index (χ0) is 8.06. The van der Waals surface area contributed by atoms with Crippen LogP contribution in [0.4, 0.5) is 0 Å². The van der Waals surface area contributed by atoms with E-state index >= 15 is 0 Å². The van der Waals surface area contributed by atoms with Crippen LogP contribution in [0.1, 0.15) is 19.8 Å². The Morgan fingerprint density at radius 1 is 1.73 bits per heavy atom. The fourth-order valence-corrected chi connectivity index (χ4v) is 2.16. The molecule has 1 aliphatic heterocycles. The Kier molecular flexibility index (Phi) is 1.20. The summed E-state index contributed by atoms with van der Waals surface area (Å²) in [6.07, 6.45) is 2.59. The first-order valence-electron chi connectivity index (χ1n) is 4.20. The maximum Gasteiger partial charge on any atom is 0.191 e. The number of hydrogen-bond donors (Lipinski definition) is 1. The lowest BCUT2D eigenvalue weighted by Gasteiger charge is -2.50. The van der Waals surface area contributed by atoms with Gasteiger partial charge >= 0.3 is 0 Å². The third kappa shape index (κ3) is 0.659. The van der Waals surface area contributed by atoms with Gasteiger partial charge in [0.25, 0.3) is 0 Å². The molecule has 0 bridgehead atoms. The van der Waals surface area contributed by atoms with Gasteiger partial charge in [0.1, 0.15) is 0 Å². The van der Waals surface area contributed by atoms with E-state index in [4.69, 9.17) is 5.73 Å². The SMILES string of the molecule is CC1CCC12CN=C(N)N2C. The molecule has 0 aromatic heterocycles. The van der Waals surface area contributed by atoms with E-state index in [1.54, 1.807) is 0 Å². The Morgan fingerprint density at radius 2 is 2.45 bits per heavy atom. The Bertz CT molecular complexity index is 211. The average molecular weight is 153 g/mol. The van der Waals surface area contributed by atoms with Gasteiger partial charge in [-0.2, -0.15) is 0 Å². The van der Waals surface area contributed by atoms with Gasteiger partial charge in [0.2, 0.25) is 0 Å². The Hall–Kier alpha value is -0.730. The summed E-state index contributed by atoms with van der Waals surface area (Å²) in [6.45, 7) is 3.20.